The highest BCUT2D eigenvalue weighted by Gasteiger charge is 1.93. The van der Waals surface area contributed by atoms with Crippen molar-refractivity contribution < 1.29 is 4.74 Å². The molecule has 0 aliphatic heterocycles. The normalized spacial score (nSPS) is 11.4. The molecule has 13 heavy (non-hydrogen) atoms. The number of ether oxygens (including phenoxy) is 1. The van der Waals surface area contributed by atoms with Gasteiger partial charge in [-0.05, 0) is 19.9 Å². The summed E-state index contributed by atoms with van der Waals surface area (Å²) in [7, 11) is 0. The fourth-order valence-corrected chi connectivity index (χ4v) is 0.876. The number of rotatable bonds is 3. The minimum Gasteiger partial charge on any atom is -0.478 e. The molecule has 1 aromatic heterocycles. The molecule has 0 saturated carbocycles. The average molecular weight is 179 g/mol. The lowest BCUT2D eigenvalue weighted by Gasteiger charge is -2.00. The molecule has 0 amide bonds. The molecule has 0 aromatic carbocycles. The number of aromatic nitrogens is 1. The standard InChI is InChI=1S/C9H13N3O/c1-3-13-9-5-4-8(6-11-9)12-7(2)10/h4-6H,3H2,1-2H3,(H2,10,12). The molecule has 1 aromatic rings. The molecule has 0 fully saturated rings. The van der Waals surface area contributed by atoms with Crippen molar-refractivity contribution in [2.45, 2.75) is 13.8 Å². The van der Waals surface area contributed by atoms with E-state index in [0.29, 0.717) is 18.3 Å². The van der Waals surface area contributed by atoms with E-state index < -0.39 is 0 Å². The Morgan fingerprint density at radius 1 is 1.62 bits per heavy atom. The van der Waals surface area contributed by atoms with Crippen molar-refractivity contribution in [2.24, 2.45) is 10.7 Å². The van der Waals surface area contributed by atoms with Crippen LogP contribution >= 0.6 is 0 Å². The largest absolute Gasteiger partial charge is 0.478 e. The zero-order valence-corrected chi connectivity index (χ0v) is 7.82. The predicted octanol–water partition coefficient (Wildman–Crippen LogP) is 1.49. The van der Waals surface area contributed by atoms with Crippen LogP contribution in [0, 0.1) is 0 Å². The summed E-state index contributed by atoms with van der Waals surface area (Å²) in [6.45, 7) is 4.26. The SMILES string of the molecule is CCOc1ccc(N=C(C)N)cn1. The molecule has 0 atom stereocenters. The van der Waals surface area contributed by atoms with Gasteiger partial charge in [-0.15, -0.1) is 0 Å². The zero-order chi connectivity index (χ0) is 9.68. The minimum atomic E-state index is 0.519. The Morgan fingerprint density at radius 2 is 2.38 bits per heavy atom. The van der Waals surface area contributed by atoms with E-state index in [4.69, 9.17) is 10.5 Å². The Morgan fingerprint density at radius 3 is 2.85 bits per heavy atom. The van der Waals surface area contributed by atoms with Gasteiger partial charge in [-0.2, -0.15) is 0 Å². The molecule has 0 aliphatic carbocycles. The summed E-state index contributed by atoms with van der Waals surface area (Å²) < 4.78 is 5.17. The highest BCUT2D eigenvalue weighted by atomic mass is 16.5. The second-order valence-corrected chi connectivity index (χ2v) is 2.54. The Hall–Kier alpha value is -1.58. The minimum absolute atomic E-state index is 0.519. The van der Waals surface area contributed by atoms with Crippen molar-refractivity contribution in [1.82, 2.24) is 4.98 Å². The van der Waals surface area contributed by atoms with Crippen molar-refractivity contribution in [3.8, 4) is 5.88 Å². The van der Waals surface area contributed by atoms with E-state index in [1.807, 2.05) is 13.0 Å². The average Bonchev–Trinajstić information content (AvgIpc) is 2.08. The maximum Gasteiger partial charge on any atom is 0.213 e. The fourth-order valence-electron chi connectivity index (χ4n) is 0.876. The molecule has 0 radical (unpaired) electrons. The lowest BCUT2D eigenvalue weighted by Crippen LogP contribution is -2.03. The second kappa shape index (κ2) is 4.45. The predicted molar refractivity (Wildman–Crippen MR) is 52.4 cm³/mol. The summed E-state index contributed by atoms with van der Waals surface area (Å²) in [4.78, 5) is 8.07. The summed E-state index contributed by atoms with van der Waals surface area (Å²) >= 11 is 0. The molecule has 0 saturated heterocycles. The molecule has 0 bridgehead atoms. The molecule has 0 spiro atoms. The van der Waals surface area contributed by atoms with Gasteiger partial charge in [-0.3, -0.25) is 0 Å². The lowest BCUT2D eigenvalue weighted by molar-refractivity contribution is 0.327. The van der Waals surface area contributed by atoms with E-state index in [1.54, 1.807) is 19.2 Å². The van der Waals surface area contributed by atoms with Crippen LogP contribution in [0.1, 0.15) is 13.8 Å². The van der Waals surface area contributed by atoms with E-state index >= 15 is 0 Å². The Kier molecular flexibility index (Phi) is 3.25. The fraction of sp³-hybridized carbons (Fsp3) is 0.333. The third-order valence-electron chi connectivity index (χ3n) is 1.32. The number of nitrogens with two attached hydrogens (primary N) is 1. The molecule has 2 N–H and O–H groups in total. The Balaban J connectivity index is 2.75. The monoisotopic (exact) mass is 179 g/mol. The van der Waals surface area contributed by atoms with Gasteiger partial charge in [-0.1, -0.05) is 0 Å². The van der Waals surface area contributed by atoms with E-state index in [9.17, 15) is 0 Å². The molecular formula is C9H13N3O. The van der Waals surface area contributed by atoms with Gasteiger partial charge in [0.05, 0.1) is 24.3 Å². The molecule has 0 aliphatic rings. The second-order valence-electron chi connectivity index (χ2n) is 2.54. The van der Waals surface area contributed by atoms with Crippen LogP contribution in [0.4, 0.5) is 5.69 Å². The zero-order valence-electron chi connectivity index (χ0n) is 7.82. The lowest BCUT2D eigenvalue weighted by atomic mass is 10.4. The number of pyridine rings is 1. The number of hydrogen-bond donors (Lipinski definition) is 1. The van der Waals surface area contributed by atoms with Gasteiger partial charge in [0.25, 0.3) is 0 Å². The maximum absolute atomic E-state index is 5.41. The van der Waals surface area contributed by atoms with Crippen molar-refractivity contribution in [3.63, 3.8) is 0 Å². The van der Waals surface area contributed by atoms with Gasteiger partial charge in [0.2, 0.25) is 5.88 Å². The summed E-state index contributed by atoms with van der Waals surface area (Å²) in [6, 6.07) is 3.58. The van der Waals surface area contributed by atoms with E-state index in [1.165, 1.54) is 0 Å². The van der Waals surface area contributed by atoms with Gasteiger partial charge >= 0.3 is 0 Å². The highest BCUT2D eigenvalue weighted by molar-refractivity contribution is 5.80. The first-order valence-electron chi connectivity index (χ1n) is 4.12. The molecule has 4 heteroatoms. The topological polar surface area (TPSA) is 60.5 Å². The van der Waals surface area contributed by atoms with Crippen LogP contribution in [0.15, 0.2) is 23.3 Å². The van der Waals surface area contributed by atoms with Crippen molar-refractivity contribution >= 4 is 11.5 Å². The smallest absolute Gasteiger partial charge is 0.213 e. The first-order valence-corrected chi connectivity index (χ1v) is 4.12. The van der Waals surface area contributed by atoms with Crippen molar-refractivity contribution in [1.29, 1.82) is 0 Å². The first kappa shape index (κ1) is 9.51. The third-order valence-corrected chi connectivity index (χ3v) is 1.32. The van der Waals surface area contributed by atoms with Crippen LogP contribution in [-0.4, -0.2) is 17.4 Å². The summed E-state index contributed by atoms with van der Waals surface area (Å²) in [6.07, 6.45) is 1.63. The van der Waals surface area contributed by atoms with Crippen molar-refractivity contribution in [2.75, 3.05) is 6.61 Å². The first-order chi connectivity index (χ1) is 6.22. The van der Waals surface area contributed by atoms with Crippen LogP contribution < -0.4 is 10.5 Å². The Bertz CT molecular complexity index is 288. The number of hydrogen-bond acceptors (Lipinski definition) is 3. The van der Waals surface area contributed by atoms with Crippen LogP contribution in [-0.2, 0) is 0 Å². The van der Waals surface area contributed by atoms with Crippen LogP contribution in [0.25, 0.3) is 0 Å². The van der Waals surface area contributed by atoms with E-state index in [-0.39, 0.29) is 0 Å². The van der Waals surface area contributed by atoms with Gasteiger partial charge < -0.3 is 10.5 Å². The summed E-state index contributed by atoms with van der Waals surface area (Å²) in [5.74, 6) is 1.13. The molecule has 4 nitrogen and oxygen atoms in total. The van der Waals surface area contributed by atoms with Crippen LogP contribution in [0.3, 0.4) is 0 Å². The molecule has 1 rings (SSSR count). The molecule has 70 valence electrons. The summed E-state index contributed by atoms with van der Waals surface area (Å²) in [5.41, 5.74) is 6.15. The third kappa shape index (κ3) is 3.11. The summed E-state index contributed by atoms with van der Waals surface area (Å²) in [5, 5.41) is 0. The molecule has 0 unspecified atom stereocenters. The molecule has 1 heterocycles. The van der Waals surface area contributed by atoms with Crippen LogP contribution in [0.2, 0.25) is 0 Å². The number of amidine groups is 1. The Labute approximate surface area is 77.5 Å². The highest BCUT2D eigenvalue weighted by Crippen LogP contribution is 2.13. The van der Waals surface area contributed by atoms with Gasteiger partial charge in [0.1, 0.15) is 0 Å². The number of nitrogens with zero attached hydrogens (tertiary/aromatic N) is 2. The van der Waals surface area contributed by atoms with E-state index in [2.05, 4.69) is 9.98 Å². The van der Waals surface area contributed by atoms with Crippen LogP contribution in [0.5, 0.6) is 5.88 Å². The van der Waals surface area contributed by atoms with Gasteiger partial charge in [-0.25, -0.2) is 9.98 Å². The van der Waals surface area contributed by atoms with Gasteiger partial charge in [0, 0.05) is 6.07 Å². The van der Waals surface area contributed by atoms with Crippen molar-refractivity contribution in [3.05, 3.63) is 18.3 Å². The van der Waals surface area contributed by atoms with E-state index in [0.717, 1.165) is 5.69 Å². The molecular weight excluding hydrogens is 166 g/mol. The maximum atomic E-state index is 5.41. The van der Waals surface area contributed by atoms with Gasteiger partial charge in [0.15, 0.2) is 0 Å². The number of aliphatic imine (C=N–C) groups is 1. The quantitative estimate of drug-likeness (QED) is 0.564.